The van der Waals surface area contributed by atoms with Gasteiger partial charge in [-0.25, -0.2) is 9.98 Å². The lowest BCUT2D eigenvalue weighted by Crippen LogP contribution is -2.36. The van der Waals surface area contributed by atoms with Gasteiger partial charge in [0, 0.05) is 31.8 Å². The molecule has 124 valence electrons. The van der Waals surface area contributed by atoms with Crippen molar-refractivity contribution in [3.05, 3.63) is 23.9 Å². The molecule has 1 fully saturated rings. The maximum atomic E-state index is 5.80. The number of aliphatic imine (C=N–C) groups is 1. The van der Waals surface area contributed by atoms with E-state index in [1.165, 1.54) is 0 Å². The summed E-state index contributed by atoms with van der Waals surface area (Å²) in [6, 6.07) is 3.90. The van der Waals surface area contributed by atoms with Gasteiger partial charge in [0.1, 0.15) is 6.10 Å². The Labute approximate surface area is 149 Å². The third kappa shape index (κ3) is 6.35. The van der Waals surface area contributed by atoms with Crippen LogP contribution in [0, 0.1) is 0 Å². The van der Waals surface area contributed by atoms with Gasteiger partial charge >= 0.3 is 0 Å². The Morgan fingerprint density at radius 3 is 2.82 bits per heavy atom. The molecule has 2 heterocycles. The highest BCUT2D eigenvalue weighted by Gasteiger charge is 2.17. The Morgan fingerprint density at radius 2 is 2.18 bits per heavy atom. The molecule has 1 aromatic rings. The van der Waals surface area contributed by atoms with Crippen molar-refractivity contribution in [1.29, 1.82) is 0 Å². The van der Waals surface area contributed by atoms with E-state index in [2.05, 4.69) is 34.5 Å². The number of hydrogen-bond acceptors (Lipinski definition) is 4. The minimum absolute atomic E-state index is 0. The second kappa shape index (κ2) is 10.6. The van der Waals surface area contributed by atoms with Crippen molar-refractivity contribution in [2.45, 2.75) is 32.9 Å². The molecular formula is C15H25IN4O2. The fourth-order valence-corrected chi connectivity index (χ4v) is 2.07. The molecule has 0 amide bonds. The first-order valence-electron chi connectivity index (χ1n) is 7.53. The highest BCUT2D eigenvalue weighted by molar-refractivity contribution is 14.0. The van der Waals surface area contributed by atoms with Crippen molar-refractivity contribution in [2.24, 2.45) is 4.99 Å². The van der Waals surface area contributed by atoms with Crippen molar-refractivity contribution < 1.29 is 9.47 Å². The van der Waals surface area contributed by atoms with Crippen LogP contribution in [-0.4, -0.2) is 43.4 Å². The van der Waals surface area contributed by atoms with Crippen LogP contribution in [0.3, 0.4) is 0 Å². The number of nitrogens with one attached hydrogen (secondary N) is 2. The van der Waals surface area contributed by atoms with Gasteiger partial charge in [-0.05, 0) is 25.5 Å². The van der Waals surface area contributed by atoms with Gasteiger partial charge in [0.15, 0.2) is 5.96 Å². The van der Waals surface area contributed by atoms with Gasteiger partial charge in [-0.1, -0.05) is 0 Å². The van der Waals surface area contributed by atoms with E-state index in [9.17, 15) is 0 Å². The van der Waals surface area contributed by atoms with E-state index < -0.39 is 0 Å². The molecule has 1 aliphatic heterocycles. The summed E-state index contributed by atoms with van der Waals surface area (Å²) in [6.45, 7) is 7.80. The van der Waals surface area contributed by atoms with Crippen molar-refractivity contribution in [1.82, 2.24) is 15.6 Å². The minimum Gasteiger partial charge on any atom is -0.472 e. The van der Waals surface area contributed by atoms with E-state index in [0.29, 0.717) is 19.0 Å². The molecule has 0 spiro atoms. The molecule has 0 bridgehead atoms. The fourth-order valence-electron chi connectivity index (χ4n) is 2.07. The summed E-state index contributed by atoms with van der Waals surface area (Å²) in [5, 5.41) is 6.41. The van der Waals surface area contributed by atoms with Crippen LogP contribution in [-0.2, 0) is 11.3 Å². The molecule has 22 heavy (non-hydrogen) atoms. The van der Waals surface area contributed by atoms with Crippen LogP contribution in [0.5, 0.6) is 5.88 Å². The monoisotopic (exact) mass is 420 g/mol. The highest BCUT2D eigenvalue weighted by atomic mass is 127. The Bertz CT molecular complexity index is 457. The predicted molar refractivity (Wildman–Crippen MR) is 98.0 cm³/mol. The number of ether oxygens (including phenoxy) is 2. The van der Waals surface area contributed by atoms with Crippen molar-refractivity contribution in [3.8, 4) is 5.88 Å². The molecule has 0 aromatic carbocycles. The molecule has 0 aliphatic carbocycles. The third-order valence-corrected chi connectivity index (χ3v) is 3.08. The Balaban J connectivity index is 0.00000242. The first-order valence-corrected chi connectivity index (χ1v) is 7.53. The molecule has 6 nitrogen and oxygen atoms in total. The van der Waals surface area contributed by atoms with Crippen molar-refractivity contribution in [3.63, 3.8) is 0 Å². The van der Waals surface area contributed by atoms with E-state index in [1.807, 2.05) is 12.1 Å². The second-order valence-electron chi connectivity index (χ2n) is 4.83. The summed E-state index contributed by atoms with van der Waals surface area (Å²) in [4.78, 5) is 8.78. The Morgan fingerprint density at radius 1 is 1.41 bits per heavy atom. The number of pyridine rings is 1. The van der Waals surface area contributed by atoms with Crippen molar-refractivity contribution in [2.75, 3.05) is 26.3 Å². The number of halogens is 1. The standard InChI is InChI=1S/C15H24N4O2.HI/c1-3-16-15(17-4-2)19-10-12-5-7-18-14(9-12)21-13-6-8-20-11-13;/h5,7,9,13H,3-4,6,8,10-11H2,1-2H3,(H2,16,17,19);1H. The molecule has 1 aliphatic rings. The van der Waals surface area contributed by atoms with Crippen LogP contribution < -0.4 is 15.4 Å². The third-order valence-electron chi connectivity index (χ3n) is 3.08. The summed E-state index contributed by atoms with van der Waals surface area (Å²) in [7, 11) is 0. The molecule has 1 aromatic heterocycles. The lowest BCUT2D eigenvalue weighted by molar-refractivity contribution is 0.138. The fraction of sp³-hybridized carbons (Fsp3) is 0.600. The summed E-state index contributed by atoms with van der Waals surface area (Å²) < 4.78 is 11.1. The summed E-state index contributed by atoms with van der Waals surface area (Å²) in [5.41, 5.74) is 1.08. The number of nitrogens with zero attached hydrogens (tertiary/aromatic N) is 2. The van der Waals surface area contributed by atoms with E-state index in [4.69, 9.17) is 9.47 Å². The van der Waals surface area contributed by atoms with Crippen LogP contribution >= 0.6 is 24.0 Å². The average Bonchev–Trinajstić information content (AvgIpc) is 2.99. The summed E-state index contributed by atoms with van der Waals surface area (Å²) in [6.07, 6.45) is 2.81. The van der Waals surface area contributed by atoms with E-state index >= 15 is 0 Å². The molecular weight excluding hydrogens is 395 g/mol. The average molecular weight is 420 g/mol. The largest absolute Gasteiger partial charge is 0.472 e. The highest BCUT2D eigenvalue weighted by Crippen LogP contribution is 2.16. The summed E-state index contributed by atoms with van der Waals surface area (Å²) >= 11 is 0. The molecule has 2 rings (SSSR count). The smallest absolute Gasteiger partial charge is 0.213 e. The predicted octanol–water partition coefficient (Wildman–Crippen LogP) is 1.94. The Kier molecular flexibility index (Phi) is 9.14. The van der Waals surface area contributed by atoms with Gasteiger partial charge in [0.25, 0.3) is 0 Å². The van der Waals surface area contributed by atoms with E-state index in [0.717, 1.165) is 37.6 Å². The molecule has 1 unspecified atom stereocenters. The second-order valence-corrected chi connectivity index (χ2v) is 4.83. The zero-order chi connectivity index (χ0) is 14.9. The van der Waals surface area contributed by atoms with Crippen LogP contribution in [0.2, 0.25) is 0 Å². The van der Waals surface area contributed by atoms with E-state index in [1.54, 1.807) is 6.20 Å². The first-order chi connectivity index (χ1) is 10.3. The molecule has 1 atom stereocenters. The number of guanidine groups is 1. The maximum absolute atomic E-state index is 5.80. The number of rotatable bonds is 6. The van der Waals surface area contributed by atoms with E-state index in [-0.39, 0.29) is 30.1 Å². The zero-order valence-corrected chi connectivity index (χ0v) is 15.5. The quantitative estimate of drug-likeness (QED) is 0.419. The van der Waals surface area contributed by atoms with Crippen molar-refractivity contribution >= 4 is 29.9 Å². The van der Waals surface area contributed by atoms with Gasteiger partial charge in [0.2, 0.25) is 5.88 Å². The van der Waals surface area contributed by atoms with Crippen LogP contribution in [0.4, 0.5) is 0 Å². The van der Waals surface area contributed by atoms with Gasteiger partial charge in [-0.2, -0.15) is 0 Å². The Hall–Kier alpha value is -1.09. The number of hydrogen-bond donors (Lipinski definition) is 2. The first kappa shape index (κ1) is 19.0. The van der Waals surface area contributed by atoms with Crippen LogP contribution in [0.1, 0.15) is 25.8 Å². The van der Waals surface area contributed by atoms with Gasteiger partial charge in [-0.3, -0.25) is 0 Å². The van der Waals surface area contributed by atoms with Crippen LogP contribution in [0.25, 0.3) is 0 Å². The molecule has 1 saturated heterocycles. The molecule has 2 N–H and O–H groups in total. The topological polar surface area (TPSA) is 67.8 Å². The molecule has 7 heteroatoms. The molecule has 0 saturated carbocycles. The SMILES string of the molecule is CCNC(=NCc1ccnc(OC2CCOC2)c1)NCC.I. The maximum Gasteiger partial charge on any atom is 0.213 e. The normalized spacial score (nSPS) is 16.5. The van der Waals surface area contributed by atoms with Gasteiger partial charge in [-0.15, -0.1) is 24.0 Å². The van der Waals surface area contributed by atoms with Crippen LogP contribution in [0.15, 0.2) is 23.3 Å². The minimum atomic E-state index is 0. The van der Waals surface area contributed by atoms with Gasteiger partial charge < -0.3 is 20.1 Å². The lowest BCUT2D eigenvalue weighted by atomic mass is 10.2. The molecule has 0 radical (unpaired) electrons. The summed E-state index contributed by atoms with van der Waals surface area (Å²) in [5.74, 6) is 1.47. The zero-order valence-electron chi connectivity index (χ0n) is 13.2. The lowest BCUT2D eigenvalue weighted by Gasteiger charge is -2.12. The van der Waals surface area contributed by atoms with Gasteiger partial charge in [0.05, 0.1) is 19.8 Å². The number of aromatic nitrogens is 1.